The average molecular weight is 254 g/mol. The summed E-state index contributed by atoms with van der Waals surface area (Å²) in [5, 5.41) is 0. The van der Waals surface area contributed by atoms with E-state index in [2.05, 4.69) is 4.90 Å². The van der Waals surface area contributed by atoms with E-state index in [9.17, 15) is 4.39 Å². The molecular formula is C12H15FN2OS. The van der Waals surface area contributed by atoms with Crippen molar-refractivity contribution in [2.45, 2.75) is 6.54 Å². The number of nitrogens with zero attached hydrogens (tertiary/aromatic N) is 1. The van der Waals surface area contributed by atoms with Gasteiger partial charge in [0.2, 0.25) is 0 Å². The number of ether oxygens (including phenoxy) is 1. The molecule has 0 spiro atoms. The summed E-state index contributed by atoms with van der Waals surface area (Å²) in [7, 11) is 0. The van der Waals surface area contributed by atoms with Crippen LogP contribution in [-0.2, 0) is 11.3 Å². The van der Waals surface area contributed by atoms with E-state index in [0.29, 0.717) is 5.56 Å². The first kappa shape index (κ1) is 12.4. The predicted octanol–water partition coefficient (Wildman–Crippen LogP) is 1.29. The Labute approximate surface area is 105 Å². The minimum absolute atomic E-state index is 0.243. The minimum atomic E-state index is -0.307. The molecule has 0 saturated carbocycles. The lowest BCUT2D eigenvalue weighted by molar-refractivity contribution is 0.0341. The number of rotatable bonds is 3. The van der Waals surface area contributed by atoms with Crippen molar-refractivity contribution in [1.82, 2.24) is 4.90 Å². The van der Waals surface area contributed by atoms with Gasteiger partial charge < -0.3 is 10.5 Å². The van der Waals surface area contributed by atoms with Crippen LogP contribution in [0.3, 0.4) is 0 Å². The molecule has 0 aliphatic carbocycles. The van der Waals surface area contributed by atoms with Gasteiger partial charge in [-0.3, -0.25) is 4.90 Å². The summed E-state index contributed by atoms with van der Waals surface area (Å²) in [5.41, 5.74) is 7.21. The first-order valence-corrected chi connectivity index (χ1v) is 5.96. The molecular weight excluding hydrogens is 239 g/mol. The first-order valence-electron chi connectivity index (χ1n) is 5.55. The molecule has 1 aromatic rings. The molecule has 1 aliphatic heterocycles. The molecule has 0 amide bonds. The summed E-state index contributed by atoms with van der Waals surface area (Å²) in [4.78, 5) is 2.49. The van der Waals surface area contributed by atoms with Gasteiger partial charge in [-0.2, -0.15) is 0 Å². The van der Waals surface area contributed by atoms with Gasteiger partial charge in [-0.15, -0.1) is 0 Å². The lowest BCUT2D eigenvalue weighted by Gasteiger charge is -2.27. The molecule has 2 N–H and O–H groups in total. The fraction of sp³-hybridized carbons (Fsp3) is 0.417. The molecule has 0 bridgehead atoms. The van der Waals surface area contributed by atoms with Crippen molar-refractivity contribution in [2.75, 3.05) is 26.3 Å². The van der Waals surface area contributed by atoms with Crippen molar-refractivity contribution in [3.8, 4) is 0 Å². The number of nitrogens with two attached hydrogens (primary N) is 1. The van der Waals surface area contributed by atoms with Crippen LogP contribution in [0.1, 0.15) is 11.1 Å². The van der Waals surface area contributed by atoms with Crippen molar-refractivity contribution < 1.29 is 9.13 Å². The van der Waals surface area contributed by atoms with Gasteiger partial charge in [0.15, 0.2) is 0 Å². The fourth-order valence-corrected chi connectivity index (χ4v) is 2.11. The molecule has 0 radical (unpaired) electrons. The zero-order valence-corrected chi connectivity index (χ0v) is 10.3. The van der Waals surface area contributed by atoms with E-state index < -0.39 is 0 Å². The summed E-state index contributed by atoms with van der Waals surface area (Å²) in [6, 6.07) is 4.59. The van der Waals surface area contributed by atoms with Crippen LogP contribution in [0.2, 0.25) is 0 Å². The van der Waals surface area contributed by atoms with Gasteiger partial charge in [0.1, 0.15) is 10.8 Å². The Kier molecular flexibility index (Phi) is 4.04. The lowest BCUT2D eigenvalue weighted by Crippen LogP contribution is -2.36. The highest BCUT2D eigenvalue weighted by Crippen LogP contribution is 2.14. The van der Waals surface area contributed by atoms with E-state index in [0.717, 1.165) is 38.4 Å². The third kappa shape index (κ3) is 3.21. The molecule has 1 aromatic carbocycles. The normalized spacial score (nSPS) is 17.0. The van der Waals surface area contributed by atoms with Crippen LogP contribution < -0.4 is 5.73 Å². The van der Waals surface area contributed by atoms with Crippen LogP contribution in [-0.4, -0.2) is 36.2 Å². The van der Waals surface area contributed by atoms with Gasteiger partial charge in [0, 0.05) is 25.2 Å². The minimum Gasteiger partial charge on any atom is -0.389 e. The summed E-state index contributed by atoms with van der Waals surface area (Å²) < 4.78 is 18.4. The van der Waals surface area contributed by atoms with Crippen molar-refractivity contribution in [3.63, 3.8) is 0 Å². The molecule has 1 saturated heterocycles. The standard InChI is InChI=1S/C12H15FN2OS/c13-10-2-1-9(11(7-10)12(14)17)8-15-3-5-16-6-4-15/h1-2,7H,3-6,8H2,(H2,14,17). The molecule has 2 rings (SSSR count). The number of hydrogen-bond donors (Lipinski definition) is 1. The second kappa shape index (κ2) is 5.53. The molecule has 5 heteroatoms. The fourth-order valence-electron chi connectivity index (χ4n) is 1.92. The Bertz CT molecular complexity index is 419. The van der Waals surface area contributed by atoms with Crippen molar-refractivity contribution in [3.05, 3.63) is 35.1 Å². The van der Waals surface area contributed by atoms with Crippen LogP contribution in [0.15, 0.2) is 18.2 Å². The maximum Gasteiger partial charge on any atom is 0.123 e. The van der Waals surface area contributed by atoms with Gasteiger partial charge in [0.05, 0.1) is 13.2 Å². The molecule has 0 atom stereocenters. The van der Waals surface area contributed by atoms with Crippen LogP contribution in [0, 0.1) is 5.82 Å². The first-order chi connectivity index (χ1) is 8.16. The molecule has 3 nitrogen and oxygen atoms in total. The Balaban J connectivity index is 2.16. The highest BCUT2D eigenvalue weighted by Gasteiger charge is 2.14. The number of morpholine rings is 1. The van der Waals surface area contributed by atoms with Gasteiger partial charge in [-0.05, 0) is 17.7 Å². The Morgan fingerprint density at radius 2 is 2.12 bits per heavy atom. The van der Waals surface area contributed by atoms with Gasteiger partial charge in [0.25, 0.3) is 0 Å². The molecule has 1 fully saturated rings. The van der Waals surface area contributed by atoms with Gasteiger partial charge >= 0.3 is 0 Å². The van der Waals surface area contributed by atoms with Crippen molar-refractivity contribution in [1.29, 1.82) is 0 Å². The third-order valence-electron chi connectivity index (χ3n) is 2.84. The Morgan fingerprint density at radius 3 is 2.76 bits per heavy atom. The molecule has 17 heavy (non-hydrogen) atoms. The lowest BCUT2D eigenvalue weighted by atomic mass is 10.1. The Morgan fingerprint density at radius 1 is 1.41 bits per heavy atom. The monoisotopic (exact) mass is 254 g/mol. The number of benzene rings is 1. The second-order valence-electron chi connectivity index (χ2n) is 4.05. The molecule has 92 valence electrons. The third-order valence-corrected chi connectivity index (χ3v) is 3.05. The molecule has 0 aromatic heterocycles. The highest BCUT2D eigenvalue weighted by atomic mass is 32.1. The van der Waals surface area contributed by atoms with E-state index >= 15 is 0 Å². The summed E-state index contributed by atoms with van der Waals surface area (Å²) in [6.45, 7) is 3.98. The zero-order chi connectivity index (χ0) is 12.3. The summed E-state index contributed by atoms with van der Waals surface area (Å²) in [5.74, 6) is -0.307. The average Bonchev–Trinajstić information content (AvgIpc) is 2.32. The maximum absolute atomic E-state index is 13.1. The van der Waals surface area contributed by atoms with Crippen molar-refractivity contribution in [2.24, 2.45) is 5.73 Å². The van der Waals surface area contributed by atoms with Crippen LogP contribution in [0.5, 0.6) is 0 Å². The smallest absolute Gasteiger partial charge is 0.123 e. The van der Waals surface area contributed by atoms with Gasteiger partial charge in [-0.1, -0.05) is 18.3 Å². The Hall–Kier alpha value is -1.04. The predicted molar refractivity (Wildman–Crippen MR) is 68.4 cm³/mol. The quantitative estimate of drug-likeness (QED) is 0.825. The largest absolute Gasteiger partial charge is 0.389 e. The SMILES string of the molecule is NC(=S)c1cc(F)ccc1CN1CCOCC1. The van der Waals surface area contributed by atoms with Gasteiger partial charge in [-0.25, -0.2) is 4.39 Å². The molecule has 1 heterocycles. The number of halogens is 1. The molecule has 0 unspecified atom stereocenters. The maximum atomic E-state index is 13.1. The second-order valence-corrected chi connectivity index (χ2v) is 4.49. The van der Waals surface area contributed by atoms with E-state index in [4.69, 9.17) is 22.7 Å². The summed E-state index contributed by atoms with van der Waals surface area (Å²) in [6.07, 6.45) is 0. The number of hydrogen-bond acceptors (Lipinski definition) is 3. The highest BCUT2D eigenvalue weighted by molar-refractivity contribution is 7.80. The number of thiocarbonyl (C=S) groups is 1. The van der Waals surface area contributed by atoms with E-state index in [1.165, 1.54) is 12.1 Å². The van der Waals surface area contributed by atoms with Crippen LogP contribution >= 0.6 is 12.2 Å². The zero-order valence-electron chi connectivity index (χ0n) is 9.49. The topological polar surface area (TPSA) is 38.5 Å². The van der Waals surface area contributed by atoms with Crippen molar-refractivity contribution >= 4 is 17.2 Å². The van der Waals surface area contributed by atoms with E-state index in [1.54, 1.807) is 6.07 Å². The van der Waals surface area contributed by atoms with E-state index in [1.807, 2.05) is 0 Å². The van der Waals surface area contributed by atoms with Crippen LogP contribution in [0.25, 0.3) is 0 Å². The molecule has 1 aliphatic rings. The van der Waals surface area contributed by atoms with Crippen LogP contribution in [0.4, 0.5) is 4.39 Å². The summed E-state index contributed by atoms with van der Waals surface area (Å²) >= 11 is 4.94. The van der Waals surface area contributed by atoms with E-state index in [-0.39, 0.29) is 10.8 Å².